The molecular weight excluding hydrogens is 346 g/mol. The second-order valence-electron chi connectivity index (χ2n) is 7.16. The minimum Gasteiger partial charge on any atom is -0.507 e. The third-order valence-electron chi connectivity index (χ3n) is 5.30. The molecule has 26 heavy (non-hydrogen) atoms. The van der Waals surface area contributed by atoms with Gasteiger partial charge in [0.05, 0.1) is 30.1 Å². The van der Waals surface area contributed by atoms with Crippen LogP contribution in [0.3, 0.4) is 0 Å². The third-order valence-corrected chi connectivity index (χ3v) is 6.42. The van der Waals surface area contributed by atoms with Gasteiger partial charge in [0.1, 0.15) is 10.8 Å². The monoisotopic (exact) mass is 365 g/mol. The van der Waals surface area contributed by atoms with E-state index >= 15 is 0 Å². The lowest BCUT2D eigenvalue weighted by Gasteiger charge is -2.54. The fraction of sp³-hybridized carbons (Fsp3) is 0.316. The van der Waals surface area contributed by atoms with Crippen LogP contribution in [-0.4, -0.2) is 43.0 Å². The third kappa shape index (κ3) is 2.77. The van der Waals surface area contributed by atoms with Crippen molar-refractivity contribution >= 4 is 11.8 Å². The summed E-state index contributed by atoms with van der Waals surface area (Å²) in [6.07, 6.45) is 11.3. The predicted molar refractivity (Wildman–Crippen MR) is 100 cm³/mol. The van der Waals surface area contributed by atoms with Gasteiger partial charge in [-0.1, -0.05) is 0 Å². The standard InChI is InChI=1S/C19H19N5OS/c25-17-5-13(24-4-3-20-12-24)1-2-15(17)16-8-23-18(9-22-16)26-14-6-19(7-14)10-21-11-19/h1-5,8-9,12,14,21,25H,6-7,10-11H2. The van der Waals surface area contributed by atoms with Crippen LogP contribution < -0.4 is 5.32 Å². The number of rotatable bonds is 4. The predicted octanol–water partition coefficient (Wildman–Crippen LogP) is 2.88. The first kappa shape index (κ1) is 15.8. The van der Waals surface area contributed by atoms with Crippen molar-refractivity contribution in [3.63, 3.8) is 0 Å². The summed E-state index contributed by atoms with van der Waals surface area (Å²) in [6, 6.07) is 5.50. The highest BCUT2D eigenvalue weighted by Gasteiger charge is 2.48. The number of benzene rings is 1. The number of aromatic nitrogens is 4. The van der Waals surface area contributed by atoms with Crippen molar-refractivity contribution in [1.82, 2.24) is 24.8 Å². The molecule has 2 aliphatic rings. The van der Waals surface area contributed by atoms with E-state index in [1.807, 2.05) is 40.9 Å². The molecule has 1 saturated carbocycles. The number of nitrogens with zero attached hydrogens (tertiary/aromatic N) is 4. The van der Waals surface area contributed by atoms with Crippen LogP contribution in [0.15, 0.2) is 54.3 Å². The van der Waals surface area contributed by atoms with Gasteiger partial charge < -0.3 is 15.0 Å². The second-order valence-corrected chi connectivity index (χ2v) is 8.48. The molecule has 7 heteroatoms. The zero-order valence-electron chi connectivity index (χ0n) is 14.2. The van der Waals surface area contributed by atoms with Gasteiger partial charge in [0.2, 0.25) is 0 Å². The van der Waals surface area contributed by atoms with E-state index in [-0.39, 0.29) is 5.75 Å². The molecule has 0 radical (unpaired) electrons. The van der Waals surface area contributed by atoms with E-state index in [0.29, 0.717) is 21.9 Å². The number of aromatic hydroxyl groups is 1. The molecule has 0 unspecified atom stereocenters. The molecule has 1 aromatic carbocycles. The number of imidazole rings is 1. The van der Waals surface area contributed by atoms with Gasteiger partial charge in [-0.3, -0.25) is 4.98 Å². The number of hydrogen-bond donors (Lipinski definition) is 2. The highest BCUT2D eigenvalue weighted by atomic mass is 32.2. The zero-order valence-corrected chi connectivity index (χ0v) is 15.0. The molecule has 2 aromatic heterocycles. The van der Waals surface area contributed by atoms with Gasteiger partial charge in [0.25, 0.3) is 0 Å². The molecule has 1 saturated heterocycles. The van der Waals surface area contributed by atoms with Gasteiger partial charge in [-0.2, -0.15) is 0 Å². The van der Waals surface area contributed by atoms with Gasteiger partial charge >= 0.3 is 0 Å². The molecule has 6 nitrogen and oxygen atoms in total. The number of hydrogen-bond acceptors (Lipinski definition) is 6. The normalized spacial score (nSPS) is 18.5. The molecule has 1 aliphatic carbocycles. The molecule has 3 heterocycles. The Hall–Kier alpha value is -2.38. The van der Waals surface area contributed by atoms with E-state index in [1.165, 1.54) is 25.9 Å². The van der Waals surface area contributed by atoms with Gasteiger partial charge in [0, 0.05) is 42.4 Å². The Morgan fingerprint density at radius 2 is 2.08 bits per heavy atom. The van der Waals surface area contributed by atoms with E-state index in [9.17, 15) is 5.11 Å². The number of phenols is 1. The van der Waals surface area contributed by atoms with E-state index in [4.69, 9.17) is 0 Å². The first-order valence-corrected chi connectivity index (χ1v) is 9.60. The first-order valence-electron chi connectivity index (χ1n) is 8.72. The van der Waals surface area contributed by atoms with Crippen molar-refractivity contribution in [2.45, 2.75) is 23.1 Å². The second kappa shape index (κ2) is 6.10. The number of phenolic OH excluding ortho intramolecular Hbond substituents is 1. The van der Waals surface area contributed by atoms with Crippen LogP contribution in [0, 0.1) is 5.41 Å². The summed E-state index contributed by atoms with van der Waals surface area (Å²) in [5, 5.41) is 15.4. The average molecular weight is 365 g/mol. The Morgan fingerprint density at radius 3 is 2.69 bits per heavy atom. The summed E-state index contributed by atoms with van der Waals surface area (Å²) in [7, 11) is 0. The lowest BCUT2D eigenvalue weighted by molar-refractivity contribution is 0.0674. The molecule has 1 spiro atoms. The molecule has 3 aromatic rings. The fourth-order valence-electron chi connectivity index (χ4n) is 3.75. The van der Waals surface area contributed by atoms with E-state index in [2.05, 4.69) is 20.3 Å². The zero-order chi connectivity index (χ0) is 17.6. The Labute approximate surface area is 155 Å². The number of thioether (sulfide) groups is 1. The lowest BCUT2D eigenvalue weighted by atomic mass is 9.64. The first-order chi connectivity index (χ1) is 12.7. The summed E-state index contributed by atoms with van der Waals surface area (Å²) >= 11 is 1.82. The molecule has 0 amide bonds. The van der Waals surface area contributed by atoms with Crippen LogP contribution >= 0.6 is 11.8 Å². The minimum atomic E-state index is 0.185. The smallest absolute Gasteiger partial charge is 0.127 e. The molecule has 1 aliphatic heterocycles. The Kier molecular flexibility index (Phi) is 3.72. The molecule has 2 fully saturated rings. The highest BCUT2D eigenvalue weighted by Crippen LogP contribution is 2.50. The van der Waals surface area contributed by atoms with Crippen molar-refractivity contribution in [1.29, 1.82) is 0 Å². The van der Waals surface area contributed by atoms with Gasteiger partial charge in [-0.05, 0) is 30.4 Å². The maximum absolute atomic E-state index is 10.4. The van der Waals surface area contributed by atoms with Crippen LogP contribution in [-0.2, 0) is 0 Å². The Morgan fingerprint density at radius 1 is 1.19 bits per heavy atom. The summed E-state index contributed by atoms with van der Waals surface area (Å²) in [4.78, 5) is 13.1. The van der Waals surface area contributed by atoms with E-state index in [0.717, 1.165) is 10.7 Å². The molecular formula is C19H19N5OS. The van der Waals surface area contributed by atoms with Gasteiger partial charge in [-0.15, -0.1) is 11.8 Å². The lowest BCUT2D eigenvalue weighted by Crippen LogP contribution is -2.61. The molecule has 132 valence electrons. The SMILES string of the molecule is Oc1cc(-n2ccnc2)ccc1-c1cnc(SC2CC3(CNC3)C2)cn1. The quantitative estimate of drug-likeness (QED) is 0.740. The van der Waals surface area contributed by atoms with Gasteiger partial charge in [0.15, 0.2) is 0 Å². The van der Waals surface area contributed by atoms with Crippen LogP contribution in [0.1, 0.15) is 12.8 Å². The van der Waals surface area contributed by atoms with Crippen LogP contribution in [0.5, 0.6) is 5.75 Å². The van der Waals surface area contributed by atoms with Crippen molar-refractivity contribution in [3.05, 3.63) is 49.3 Å². The average Bonchev–Trinajstić information content (AvgIpc) is 3.11. The van der Waals surface area contributed by atoms with Crippen LogP contribution in [0.2, 0.25) is 0 Å². The molecule has 0 bridgehead atoms. The molecule has 2 N–H and O–H groups in total. The van der Waals surface area contributed by atoms with Crippen molar-refractivity contribution in [2.75, 3.05) is 13.1 Å². The maximum Gasteiger partial charge on any atom is 0.127 e. The van der Waals surface area contributed by atoms with Gasteiger partial charge in [-0.25, -0.2) is 9.97 Å². The van der Waals surface area contributed by atoms with Crippen LogP contribution in [0.4, 0.5) is 0 Å². The maximum atomic E-state index is 10.4. The summed E-state index contributed by atoms with van der Waals surface area (Å²) < 4.78 is 1.85. The summed E-state index contributed by atoms with van der Waals surface area (Å²) in [5.74, 6) is 0.185. The Bertz CT molecular complexity index is 914. The Balaban J connectivity index is 1.29. The molecule has 0 atom stereocenters. The fourth-order valence-corrected chi connectivity index (χ4v) is 5.20. The van der Waals surface area contributed by atoms with Crippen molar-refractivity contribution < 1.29 is 5.11 Å². The topological polar surface area (TPSA) is 75.9 Å². The largest absolute Gasteiger partial charge is 0.507 e. The molecule has 5 rings (SSSR count). The van der Waals surface area contributed by atoms with Crippen LogP contribution in [0.25, 0.3) is 16.9 Å². The van der Waals surface area contributed by atoms with Crippen molar-refractivity contribution in [3.8, 4) is 22.7 Å². The van der Waals surface area contributed by atoms with Crippen molar-refractivity contribution in [2.24, 2.45) is 5.41 Å². The van der Waals surface area contributed by atoms with E-state index < -0.39 is 0 Å². The summed E-state index contributed by atoms with van der Waals surface area (Å²) in [5.41, 5.74) is 2.79. The highest BCUT2D eigenvalue weighted by molar-refractivity contribution is 7.99. The van der Waals surface area contributed by atoms with E-state index in [1.54, 1.807) is 24.8 Å². The summed E-state index contributed by atoms with van der Waals surface area (Å²) in [6.45, 7) is 2.34. The minimum absolute atomic E-state index is 0.185. The number of nitrogens with one attached hydrogen (secondary N) is 1.